The number of thiazole rings is 1. The quantitative estimate of drug-likeness (QED) is 0.543. The molecule has 0 spiro atoms. The monoisotopic (exact) mass is 389 g/mol. The van der Waals surface area contributed by atoms with Gasteiger partial charge in [-0.15, -0.1) is 11.3 Å². The molecule has 0 fully saturated rings. The highest BCUT2D eigenvalue weighted by Crippen LogP contribution is 2.35. The molecule has 5 nitrogen and oxygen atoms in total. The third-order valence-electron chi connectivity index (χ3n) is 3.94. The van der Waals surface area contributed by atoms with Gasteiger partial charge in [0.2, 0.25) is 5.13 Å². The SMILES string of the molecule is O=C(O)c1csc(-n2nc(-c3ccc4ccccc4c3)cc2C(F)(F)F)n1. The topological polar surface area (TPSA) is 68.0 Å². The molecule has 0 atom stereocenters. The molecule has 4 rings (SSSR count). The third kappa shape index (κ3) is 3.17. The van der Waals surface area contributed by atoms with E-state index in [9.17, 15) is 18.0 Å². The van der Waals surface area contributed by atoms with E-state index in [1.165, 1.54) is 5.38 Å². The number of nitrogens with zero attached hydrogens (tertiary/aromatic N) is 3. The molecule has 2 heterocycles. The van der Waals surface area contributed by atoms with Gasteiger partial charge in [-0.1, -0.05) is 36.4 Å². The van der Waals surface area contributed by atoms with Crippen LogP contribution in [-0.2, 0) is 6.18 Å². The van der Waals surface area contributed by atoms with Crippen molar-refractivity contribution in [2.45, 2.75) is 6.18 Å². The number of rotatable bonds is 3. The maximum absolute atomic E-state index is 13.5. The fourth-order valence-corrected chi connectivity index (χ4v) is 3.44. The van der Waals surface area contributed by atoms with Crippen molar-refractivity contribution in [3.05, 3.63) is 65.3 Å². The fraction of sp³-hybridized carbons (Fsp3) is 0.0556. The molecule has 0 radical (unpaired) electrons. The molecule has 0 aliphatic rings. The average Bonchev–Trinajstić information content (AvgIpc) is 3.28. The van der Waals surface area contributed by atoms with Crippen LogP contribution in [0.5, 0.6) is 0 Å². The Morgan fingerprint density at radius 3 is 2.48 bits per heavy atom. The van der Waals surface area contributed by atoms with Gasteiger partial charge in [0.25, 0.3) is 0 Å². The third-order valence-corrected chi connectivity index (χ3v) is 4.75. The summed E-state index contributed by atoms with van der Waals surface area (Å²) >= 11 is 0.781. The number of alkyl halides is 3. The van der Waals surface area contributed by atoms with E-state index in [0.29, 0.717) is 10.2 Å². The van der Waals surface area contributed by atoms with Crippen molar-refractivity contribution in [2.75, 3.05) is 0 Å². The van der Waals surface area contributed by atoms with Gasteiger partial charge in [-0.05, 0) is 22.9 Å². The van der Waals surface area contributed by atoms with Gasteiger partial charge in [0.1, 0.15) is 0 Å². The van der Waals surface area contributed by atoms with Crippen LogP contribution in [0.25, 0.3) is 27.2 Å². The van der Waals surface area contributed by atoms with Gasteiger partial charge >= 0.3 is 12.1 Å². The van der Waals surface area contributed by atoms with E-state index in [1.54, 1.807) is 12.1 Å². The number of carboxylic acids is 1. The summed E-state index contributed by atoms with van der Waals surface area (Å²) in [5.41, 5.74) is -0.698. The summed E-state index contributed by atoms with van der Waals surface area (Å²) in [5, 5.41) is 15.9. The second kappa shape index (κ2) is 6.20. The first-order chi connectivity index (χ1) is 12.8. The zero-order chi connectivity index (χ0) is 19.2. The molecule has 9 heteroatoms. The van der Waals surface area contributed by atoms with Crippen LogP contribution in [0, 0.1) is 0 Å². The van der Waals surface area contributed by atoms with Crippen LogP contribution in [0.15, 0.2) is 53.9 Å². The maximum atomic E-state index is 13.5. The minimum atomic E-state index is -4.67. The molecule has 27 heavy (non-hydrogen) atoms. The van der Waals surface area contributed by atoms with Gasteiger partial charge in [-0.25, -0.2) is 14.5 Å². The summed E-state index contributed by atoms with van der Waals surface area (Å²) in [7, 11) is 0. The number of carbonyl (C=O) groups is 1. The van der Waals surface area contributed by atoms with E-state index in [4.69, 9.17) is 5.11 Å². The zero-order valence-corrected chi connectivity index (χ0v) is 14.3. The Bertz CT molecular complexity index is 1160. The number of aromatic nitrogens is 3. The van der Waals surface area contributed by atoms with Gasteiger partial charge < -0.3 is 5.11 Å². The standard InChI is InChI=1S/C18H10F3N3O2S/c19-18(20,21)15-8-13(12-6-5-10-3-1-2-4-11(10)7-12)23-24(15)17-22-14(9-27-17)16(25)26/h1-9H,(H,25,26). The minimum Gasteiger partial charge on any atom is -0.476 e. The number of hydrogen-bond donors (Lipinski definition) is 1. The van der Waals surface area contributed by atoms with Crippen molar-refractivity contribution in [3.8, 4) is 16.4 Å². The van der Waals surface area contributed by atoms with Crippen molar-refractivity contribution in [1.29, 1.82) is 0 Å². The lowest BCUT2D eigenvalue weighted by molar-refractivity contribution is -0.142. The Morgan fingerprint density at radius 1 is 1.07 bits per heavy atom. The highest BCUT2D eigenvalue weighted by Gasteiger charge is 2.37. The number of fused-ring (bicyclic) bond motifs is 1. The normalized spacial score (nSPS) is 11.8. The molecule has 0 aliphatic carbocycles. The van der Waals surface area contributed by atoms with E-state index < -0.39 is 17.8 Å². The molecular formula is C18H10F3N3O2S. The molecule has 1 N–H and O–H groups in total. The van der Waals surface area contributed by atoms with E-state index in [1.807, 2.05) is 30.3 Å². The first-order valence-corrected chi connectivity index (χ1v) is 8.56. The highest BCUT2D eigenvalue weighted by atomic mass is 32.1. The smallest absolute Gasteiger partial charge is 0.433 e. The van der Waals surface area contributed by atoms with E-state index in [-0.39, 0.29) is 16.5 Å². The van der Waals surface area contributed by atoms with Gasteiger partial charge in [0.05, 0.1) is 5.69 Å². The Labute approximate surface area is 154 Å². The molecule has 0 saturated heterocycles. The summed E-state index contributed by atoms with van der Waals surface area (Å²) in [6, 6.07) is 13.7. The molecule has 0 unspecified atom stereocenters. The first-order valence-electron chi connectivity index (χ1n) is 7.68. The summed E-state index contributed by atoms with van der Waals surface area (Å²) < 4.78 is 41.1. The van der Waals surface area contributed by atoms with Crippen molar-refractivity contribution in [3.63, 3.8) is 0 Å². The average molecular weight is 389 g/mol. The van der Waals surface area contributed by atoms with Crippen LogP contribution in [0.4, 0.5) is 13.2 Å². The second-order valence-electron chi connectivity index (χ2n) is 5.71. The van der Waals surface area contributed by atoms with Gasteiger partial charge in [0.15, 0.2) is 11.4 Å². The molecule has 0 aliphatic heterocycles. The van der Waals surface area contributed by atoms with E-state index in [2.05, 4.69) is 10.1 Å². The fourth-order valence-electron chi connectivity index (χ4n) is 2.68. The molecule has 0 saturated carbocycles. The van der Waals surface area contributed by atoms with Crippen molar-refractivity contribution >= 4 is 28.1 Å². The predicted octanol–water partition coefficient (Wildman–Crippen LogP) is 4.87. The number of carboxylic acid groups (broad SMARTS) is 1. The maximum Gasteiger partial charge on any atom is 0.433 e. The summed E-state index contributed by atoms with van der Waals surface area (Å²) in [6.45, 7) is 0. The lowest BCUT2D eigenvalue weighted by atomic mass is 10.1. The molecular weight excluding hydrogens is 379 g/mol. The largest absolute Gasteiger partial charge is 0.476 e. The van der Waals surface area contributed by atoms with Crippen molar-refractivity contribution in [2.24, 2.45) is 0 Å². The zero-order valence-electron chi connectivity index (χ0n) is 13.4. The van der Waals surface area contributed by atoms with Crippen LogP contribution in [0.2, 0.25) is 0 Å². The lowest BCUT2D eigenvalue weighted by Crippen LogP contribution is -2.13. The van der Waals surface area contributed by atoms with Gasteiger partial charge in [-0.2, -0.15) is 18.3 Å². The number of benzene rings is 2. The number of aromatic carboxylic acids is 1. The van der Waals surface area contributed by atoms with Crippen molar-refractivity contribution < 1.29 is 23.1 Å². The van der Waals surface area contributed by atoms with Gasteiger partial charge in [0, 0.05) is 10.9 Å². The summed E-state index contributed by atoms with van der Waals surface area (Å²) in [4.78, 5) is 14.7. The van der Waals surface area contributed by atoms with Crippen molar-refractivity contribution in [1.82, 2.24) is 14.8 Å². The Hall–Kier alpha value is -3.20. The van der Waals surface area contributed by atoms with Crippen LogP contribution in [-0.4, -0.2) is 25.8 Å². The Morgan fingerprint density at radius 2 is 1.81 bits per heavy atom. The molecule has 0 bridgehead atoms. The summed E-state index contributed by atoms with van der Waals surface area (Å²) in [6.07, 6.45) is -4.67. The summed E-state index contributed by atoms with van der Waals surface area (Å²) in [5.74, 6) is -1.31. The van der Waals surface area contributed by atoms with Crippen LogP contribution >= 0.6 is 11.3 Å². The van der Waals surface area contributed by atoms with Crippen LogP contribution in [0.3, 0.4) is 0 Å². The first kappa shape index (κ1) is 17.2. The lowest BCUT2D eigenvalue weighted by Gasteiger charge is -2.06. The Balaban J connectivity index is 1.86. The molecule has 2 aromatic carbocycles. The van der Waals surface area contributed by atoms with Crippen LogP contribution < -0.4 is 0 Å². The van der Waals surface area contributed by atoms with E-state index >= 15 is 0 Å². The molecule has 0 amide bonds. The van der Waals surface area contributed by atoms with E-state index in [0.717, 1.165) is 28.2 Å². The second-order valence-corrected chi connectivity index (χ2v) is 6.54. The predicted molar refractivity (Wildman–Crippen MR) is 94.1 cm³/mol. The van der Waals surface area contributed by atoms with Gasteiger partial charge in [-0.3, -0.25) is 0 Å². The number of hydrogen-bond acceptors (Lipinski definition) is 4. The minimum absolute atomic E-state index is 0.125. The molecule has 4 aromatic rings. The highest BCUT2D eigenvalue weighted by molar-refractivity contribution is 7.12. The number of halogens is 3. The Kier molecular flexibility index (Phi) is 3.96. The molecule has 136 valence electrons. The van der Waals surface area contributed by atoms with Crippen LogP contribution in [0.1, 0.15) is 16.2 Å². The molecule has 2 aromatic heterocycles.